The molecule has 0 fully saturated rings. The number of benzene rings is 1. The normalized spacial score (nSPS) is 13.3. The molecule has 0 saturated heterocycles. The summed E-state index contributed by atoms with van der Waals surface area (Å²) in [4.78, 5) is 21.8. The minimum Gasteiger partial charge on any atom is -0.423 e. The van der Waals surface area contributed by atoms with Gasteiger partial charge in [-0.1, -0.05) is 0 Å². The molecule has 1 aromatic carbocycles. The average molecular weight is 412 g/mol. The molecule has 0 amide bonds. The number of ether oxygens (including phenoxy) is 2. The molecule has 13 heteroatoms. The van der Waals surface area contributed by atoms with E-state index < -0.39 is 52.9 Å². The Morgan fingerprint density at radius 2 is 1.19 bits per heavy atom. The number of halogens is 9. The molecule has 1 aromatic rings. The van der Waals surface area contributed by atoms with Gasteiger partial charge in [-0.3, -0.25) is 9.59 Å². The molecule has 0 spiro atoms. The van der Waals surface area contributed by atoms with Crippen LogP contribution in [0.5, 0.6) is 11.5 Å². The van der Waals surface area contributed by atoms with Crippen LogP contribution in [0.25, 0.3) is 0 Å². The third-order valence-electron chi connectivity index (χ3n) is 2.96. The van der Waals surface area contributed by atoms with Gasteiger partial charge in [0.25, 0.3) is 0 Å². The lowest BCUT2D eigenvalue weighted by Gasteiger charge is -2.33. The van der Waals surface area contributed by atoms with Crippen LogP contribution in [0.15, 0.2) is 18.2 Å². The van der Waals surface area contributed by atoms with Crippen LogP contribution in [0, 0.1) is 0 Å². The van der Waals surface area contributed by atoms with E-state index in [2.05, 4.69) is 9.47 Å². The molecule has 0 N–H and O–H groups in total. The number of alkyl halides is 9. The predicted octanol–water partition coefficient (Wildman–Crippen LogP) is 4.46. The van der Waals surface area contributed by atoms with Gasteiger partial charge in [-0.15, -0.1) is 0 Å². The van der Waals surface area contributed by atoms with Crippen molar-refractivity contribution in [2.24, 2.45) is 0 Å². The molecule has 0 atom stereocenters. The highest BCUT2D eigenvalue weighted by atomic mass is 19.4. The zero-order valence-corrected chi connectivity index (χ0v) is 13.3. The number of rotatable bonds is 5. The van der Waals surface area contributed by atoms with Gasteiger partial charge in [-0.25, -0.2) is 0 Å². The molecule has 0 saturated carbocycles. The Hall–Kier alpha value is -2.47. The van der Waals surface area contributed by atoms with E-state index in [1.165, 1.54) is 0 Å². The maximum absolute atomic E-state index is 13.9. The van der Waals surface area contributed by atoms with Gasteiger partial charge in [-0.2, -0.15) is 39.5 Å². The molecule has 0 bridgehead atoms. The van der Waals surface area contributed by atoms with Crippen molar-refractivity contribution in [2.45, 2.75) is 37.8 Å². The molecular weight excluding hydrogens is 403 g/mol. The van der Waals surface area contributed by atoms with Gasteiger partial charge in [0.1, 0.15) is 0 Å². The molecule has 0 heterocycles. The lowest BCUT2D eigenvalue weighted by Crippen LogP contribution is -2.59. The predicted molar refractivity (Wildman–Crippen MR) is 68.9 cm³/mol. The smallest absolute Gasteiger partial charge is 0.423 e. The van der Waals surface area contributed by atoms with Crippen LogP contribution in [-0.4, -0.2) is 30.0 Å². The van der Waals surface area contributed by atoms with Gasteiger partial charge < -0.3 is 9.47 Å². The molecule has 27 heavy (non-hydrogen) atoms. The molecule has 0 aliphatic heterocycles. The van der Waals surface area contributed by atoms with Crippen LogP contribution in [0.1, 0.15) is 19.4 Å². The van der Waals surface area contributed by atoms with Crippen molar-refractivity contribution in [3.8, 4) is 11.5 Å². The molecule has 0 aliphatic carbocycles. The fourth-order valence-electron chi connectivity index (χ4n) is 1.73. The fraction of sp³-hybridized carbons (Fsp3) is 0.429. The maximum atomic E-state index is 13.9. The van der Waals surface area contributed by atoms with E-state index in [0.29, 0.717) is 6.07 Å². The Morgan fingerprint density at radius 3 is 1.59 bits per heavy atom. The largest absolute Gasteiger partial charge is 0.460 e. The van der Waals surface area contributed by atoms with E-state index in [9.17, 15) is 49.1 Å². The standard InChI is InChI=1S/C14H9F9O4/c1-6(24)26-9-4-3-8(5-10(9)27-7(2)25)11(15,16)12(17,18)13(19,20)14(21,22)23/h3-5H,1-2H3. The molecule has 1 rings (SSSR count). The lowest BCUT2D eigenvalue weighted by atomic mass is 9.96. The monoisotopic (exact) mass is 412 g/mol. The Labute approximate surface area is 144 Å². The first-order valence-electron chi connectivity index (χ1n) is 6.66. The molecule has 0 unspecified atom stereocenters. The topological polar surface area (TPSA) is 52.6 Å². The molecule has 0 radical (unpaired) electrons. The van der Waals surface area contributed by atoms with Gasteiger partial charge >= 0.3 is 35.9 Å². The zero-order chi connectivity index (χ0) is 21.4. The summed E-state index contributed by atoms with van der Waals surface area (Å²) in [6, 6.07) is 0.274. The molecular formula is C14H9F9O4. The van der Waals surface area contributed by atoms with Gasteiger partial charge in [0, 0.05) is 19.4 Å². The minimum absolute atomic E-state index is 0.0195. The summed E-state index contributed by atoms with van der Waals surface area (Å²) in [5.74, 6) is -24.1. The van der Waals surface area contributed by atoms with Crippen LogP contribution in [0.4, 0.5) is 39.5 Å². The van der Waals surface area contributed by atoms with Gasteiger partial charge in [0.2, 0.25) is 0 Å². The molecule has 0 aliphatic rings. The summed E-state index contributed by atoms with van der Waals surface area (Å²) in [5.41, 5.74) is -2.04. The second-order valence-corrected chi connectivity index (χ2v) is 5.07. The Balaban J connectivity index is 3.53. The Bertz CT molecular complexity index is 741. The number of carbonyl (C=O) groups is 2. The average Bonchev–Trinajstić information content (AvgIpc) is 2.46. The maximum Gasteiger partial charge on any atom is 0.460 e. The SMILES string of the molecule is CC(=O)Oc1ccc(C(F)(F)C(F)(F)C(F)(F)C(F)(F)F)cc1OC(C)=O. The third kappa shape index (κ3) is 4.11. The van der Waals surface area contributed by atoms with Crippen LogP contribution >= 0.6 is 0 Å². The Morgan fingerprint density at radius 1 is 0.741 bits per heavy atom. The van der Waals surface area contributed by atoms with E-state index in [1.54, 1.807) is 0 Å². The highest BCUT2D eigenvalue weighted by molar-refractivity contribution is 5.73. The minimum atomic E-state index is -7.08. The second kappa shape index (κ2) is 6.93. The van der Waals surface area contributed by atoms with Crippen LogP contribution < -0.4 is 9.47 Å². The van der Waals surface area contributed by atoms with Crippen molar-refractivity contribution < 1.29 is 58.6 Å². The van der Waals surface area contributed by atoms with E-state index in [0.717, 1.165) is 13.8 Å². The molecule has 4 nitrogen and oxygen atoms in total. The number of hydrogen-bond acceptors (Lipinski definition) is 4. The van der Waals surface area contributed by atoms with Crippen molar-refractivity contribution in [3.05, 3.63) is 23.8 Å². The first-order chi connectivity index (χ1) is 11.9. The molecule has 0 aromatic heterocycles. The highest BCUT2D eigenvalue weighted by Crippen LogP contribution is 2.57. The summed E-state index contributed by atoms with van der Waals surface area (Å²) >= 11 is 0. The van der Waals surface area contributed by atoms with E-state index in [1.807, 2.05) is 0 Å². The second-order valence-electron chi connectivity index (χ2n) is 5.07. The summed E-state index contributed by atoms with van der Waals surface area (Å²) in [6.45, 7) is 1.56. The summed E-state index contributed by atoms with van der Waals surface area (Å²) in [7, 11) is 0. The lowest BCUT2D eigenvalue weighted by molar-refractivity contribution is -0.399. The van der Waals surface area contributed by atoms with Crippen molar-refractivity contribution in [1.82, 2.24) is 0 Å². The van der Waals surface area contributed by atoms with Crippen LogP contribution in [-0.2, 0) is 15.5 Å². The quantitative estimate of drug-likeness (QED) is 0.407. The number of carbonyl (C=O) groups excluding carboxylic acids is 2. The van der Waals surface area contributed by atoms with Gasteiger partial charge in [0.15, 0.2) is 11.5 Å². The highest BCUT2D eigenvalue weighted by Gasteiger charge is 2.82. The van der Waals surface area contributed by atoms with Crippen molar-refractivity contribution in [3.63, 3.8) is 0 Å². The van der Waals surface area contributed by atoms with Crippen molar-refractivity contribution >= 4 is 11.9 Å². The van der Waals surface area contributed by atoms with E-state index in [-0.39, 0.29) is 12.1 Å². The first kappa shape index (κ1) is 22.6. The molecule has 152 valence electrons. The summed E-state index contributed by atoms with van der Waals surface area (Å²) in [6.07, 6.45) is -6.98. The van der Waals surface area contributed by atoms with Crippen LogP contribution in [0.2, 0.25) is 0 Å². The van der Waals surface area contributed by atoms with Crippen molar-refractivity contribution in [1.29, 1.82) is 0 Å². The fourth-order valence-corrected chi connectivity index (χ4v) is 1.73. The number of hydrogen-bond donors (Lipinski definition) is 0. The zero-order valence-electron chi connectivity index (χ0n) is 13.3. The van der Waals surface area contributed by atoms with E-state index >= 15 is 0 Å². The number of esters is 2. The van der Waals surface area contributed by atoms with Gasteiger partial charge in [0.05, 0.1) is 0 Å². The van der Waals surface area contributed by atoms with E-state index in [4.69, 9.17) is 0 Å². The Kier molecular flexibility index (Phi) is 5.79. The summed E-state index contributed by atoms with van der Waals surface area (Å²) < 4.78 is 126. The van der Waals surface area contributed by atoms with Crippen LogP contribution in [0.3, 0.4) is 0 Å². The third-order valence-corrected chi connectivity index (χ3v) is 2.96. The first-order valence-corrected chi connectivity index (χ1v) is 6.66. The van der Waals surface area contributed by atoms with Crippen molar-refractivity contribution in [2.75, 3.05) is 0 Å². The summed E-state index contributed by atoms with van der Waals surface area (Å²) in [5, 5.41) is 0. The van der Waals surface area contributed by atoms with Gasteiger partial charge in [-0.05, 0) is 18.2 Å².